The van der Waals surface area contributed by atoms with Gasteiger partial charge < -0.3 is 10.4 Å². The Hall–Kier alpha value is -1.89. The van der Waals surface area contributed by atoms with Crippen LogP contribution in [-0.4, -0.2) is 37.2 Å². The van der Waals surface area contributed by atoms with Gasteiger partial charge in [-0.2, -0.15) is 0 Å². The van der Waals surface area contributed by atoms with E-state index in [1.54, 1.807) is 19.1 Å². The molecule has 7 heteroatoms. The zero-order valence-corrected chi connectivity index (χ0v) is 14.5. The average molecular weight is 353 g/mol. The van der Waals surface area contributed by atoms with Crippen molar-refractivity contribution in [2.75, 3.05) is 5.75 Å². The van der Waals surface area contributed by atoms with Crippen LogP contribution in [0.5, 0.6) is 0 Å². The first-order chi connectivity index (χ1) is 11.3. The van der Waals surface area contributed by atoms with Gasteiger partial charge in [-0.3, -0.25) is 9.59 Å². The van der Waals surface area contributed by atoms with E-state index in [-0.39, 0.29) is 34.9 Å². The zero-order valence-electron chi connectivity index (χ0n) is 13.7. The normalized spacial score (nSPS) is 21.2. The van der Waals surface area contributed by atoms with Crippen LogP contribution in [0.2, 0.25) is 0 Å². The highest BCUT2D eigenvalue weighted by atomic mass is 32.2. The predicted octanol–water partition coefficient (Wildman–Crippen LogP) is 1.78. The molecule has 24 heavy (non-hydrogen) atoms. The van der Waals surface area contributed by atoms with Crippen molar-refractivity contribution in [3.63, 3.8) is 0 Å². The van der Waals surface area contributed by atoms with E-state index in [0.717, 1.165) is 5.56 Å². The number of amides is 1. The van der Waals surface area contributed by atoms with Gasteiger partial charge in [0.05, 0.1) is 23.0 Å². The summed E-state index contributed by atoms with van der Waals surface area (Å²) in [5, 5.41) is 11.9. The summed E-state index contributed by atoms with van der Waals surface area (Å²) in [5.74, 6) is -1.14. The van der Waals surface area contributed by atoms with Gasteiger partial charge in [-0.25, -0.2) is 8.42 Å². The fraction of sp³-hybridized carbons (Fsp3) is 0.529. The number of carboxylic acid groups (broad SMARTS) is 1. The number of aliphatic carboxylic acids is 1. The molecule has 1 fully saturated rings. The summed E-state index contributed by atoms with van der Waals surface area (Å²) in [6.45, 7) is 1.59. The summed E-state index contributed by atoms with van der Waals surface area (Å²) in [6.07, 6.45) is 2.71. The van der Waals surface area contributed by atoms with E-state index in [2.05, 4.69) is 5.32 Å². The van der Waals surface area contributed by atoms with Crippen LogP contribution in [0.3, 0.4) is 0 Å². The van der Waals surface area contributed by atoms with Gasteiger partial charge in [0.25, 0.3) is 0 Å². The van der Waals surface area contributed by atoms with Crippen molar-refractivity contribution >= 4 is 21.7 Å². The average Bonchev–Trinajstić information content (AvgIpc) is 2.55. The third kappa shape index (κ3) is 4.80. The summed E-state index contributed by atoms with van der Waals surface area (Å²) in [7, 11) is -3.23. The number of nitrogens with one attached hydrogen (secondary N) is 1. The van der Waals surface area contributed by atoms with E-state index < -0.39 is 15.8 Å². The van der Waals surface area contributed by atoms with E-state index in [1.165, 1.54) is 12.1 Å². The van der Waals surface area contributed by atoms with Gasteiger partial charge in [-0.15, -0.1) is 0 Å². The second kappa shape index (κ2) is 7.79. The molecule has 2 N–H and O–H groups in total. The molecule has 0 atom stereocenters. The molecule has 1 aliphatic carbocycles. The Kier molecular flexibility index (Phi) is 5.99. The lowest BCUT2D eigenvalue weighted by molar-refractivity contribution is -0.142. The van der Waals surface area contributed by atoms with E-state index in [1.807, 2.05) is 0 Å². The number of carbonyl (C=O) groups excluding carboxylic acids is 1. The first kappa shape index (κ1) is 18.4. The van der Waals surface area contributed by atoms with Gasteiger partial charge in [0.2, 0.25) is 5.91 Å². The van der Waals surface area contributed by atoms with Gasteiger partial charge >= 0.3 is 5.97 Å². The minimum Gasteiger partial charge on any atom is -0.481 e. The Morgan fingerprint density at radius 2 is 1.71 bits per heavy atom. The number of carboxylic acids is 1. The van der Waals surface area contributed by atoms with Crippen molar-refractivity contribution < 1.29 is 23.1 Å². The number of hydrogen-bond donors (Lipinski definition) is 2. The molecular weight excluding hydrogens is 330 g/mol. The summed E-state index contributed by atoms with van der Waals surface area (Å²) in [5.41, 5.74) is 0.752. The van der Waals surface area contributed by atoms with Crippen LogP contribution < -0.4 is 5.32 Å². The number of rotatable bonds is 6. The zero-order chi connectivity index (χ0) is 17.7. The SMILES string of the molecule is CCS(=O)(=O)c1ccc(CC(=O)NC2CCC(C(=O)O)CC2)cc1. The summed E-state index contributed by atoms with van der Waals surface area (Å²) < 4.78 is 23.5. The van der Waals surface area contributed by atoms with Crippen LogP contribution in [0.4, 0.5) is 0 Å². The minimum absolute atomic E-state index is 0.0212. The van der Waals surface area contributed by atoms with Crippen molar-refractivity contribution in [3.8, 4) is 0 Å². The lowest BCUT2D eigenvalue weighted by Gasteiger charge is -2.26. The standard InChI is InChI=1S/C17H23NO5S/c1-2-24(22,23)15-9-3-12(4-10-15)11-16(19)18-14-7-5-13(6-8-14)17(20)21/h3-4,9-10,13-14H,2,5-8,11H2,1H3,(H,18,19)(H,20,21). The molecule has 0 bridgehead atoms. The van der Waals surface area contributed by atoms with E-state index in [9.17, 15) is 18.0 Å². The number of carbonyl (C=O) groups is 2. The lowest BCUT2D eigenvalue weighted by atomic mass is 9.86. The second-order valence-corrected chi connectivity index (χ2v) is 8.46. The van der Waals surface area contributed by atoms with Crippen molar-refractivity contribution in [2.24, 2.45) is 5.92 Å². The van der Waals surface area contributed by atoms with Gasteiger partial charge in [0.1, 0.15) is 0 Å². The molecule has 0 aliphatic heterocycles. The quantitative estimate of drug-likeness (QED) is 0.812. The number of hydrogen-bond acceptors (Lipinski definition) is 4. The monoisotopic (exact) mass is 353 g/mol. The maximum Gasteiger partial charge on any atom is 0.306 e. The van der Waals surface area contributed by atoms with E-state index in [4.69, 9.17) is 5.11 Å². The first-order valence-corrected chi connectivity index (χ1v) is 9.81. The largest absolute Gasteiger partial charge is 0.481 e. The van der Waals surface area contributed by atoms with E-state index >= 15 is 0 Å². The second-order valence-electron chi connectivity index (χ2n) is 6.18. The lowest BCUT2D eigenvalue weighted by Crippen LogP contribution is -2.39. The maximum atomic E-state index is 12.1. The molecule has 0 aromatic heterocycles. The van der Waals surface area contributed by atoms with Crippen molar-refractivity contribution in [1.82, 2.24) is 5.32 Å². The van der Waals surface area contributed by atoms with E-state index in [0.29, 0.717) is 25.7 Å². The van der Waals surface area contributed by atoms with Crippen LogP contribution in [0.15, 0.2) is 29.2 Å². The summed E-state index contributed by atoms with van der Waals surface area (Å²) in [6, 6.07) is 6.39. The molecule has 0 spiro atoms. The Morgan fingerprint density at radius 3 is 2.21 bits per heavy atom. The van der Waals surface area contributed by atoms with Gasteiger partial charge in [0.15, 0.2) is 9.84 Å². The van der Waals surface area contributed by atoms with Crippen LogP contribution in [0.25, 0.3) is 0 Å². The molecule has 6 nitrogen and oxygen atoms in total. The molecule has 2 rings (SSSR count). The number of sulfone groups is 1. The molecular formula is C17H23NO5S. The fourth-order valence-electron chi connectivity index (χ4n) is 2.93. The van der Waals surface area contributed by atoms with Crippen molar-refractivity contribution in [3.05, 3.63) is 29.8 Å². The van der Waals surface area contributed by atoms with Crippen LogP contribution in [0.1, 0.15) is 38.2 Å². The van der Waals surface area contributed by atoms with Crippen molar-refractivity contribution in [2.45, 2.75) is 50.0 Å². The molecule has 132 valence electrons. The summed E-state index contributed by atoms with van der Waals surface area (Å²) >= 11 is 0. The fourth-order valence-corrected chi connectivity index (χ4v) is 3.81. The molecule has 1 aromatic rings. The Labute approximate surface area is 142 Å². The van der Waals surface area contributed by atoms with Crippen molar-refractivity contribution in [1.29, 1.82) is 0 Å². The molecule has 1 aliphatic rings. The van der Waals surface area contributed by atoms with Gasteiger partial charge in [-0.05, 0) is 43.4 Å². The molecule has 0 saturated heterocycles. The third-order valence-corrected chi connectivity index (χ3v) is 6.22. The highest BCUT2D eigenvalue weighted by molar-refractivity contribution is 7.91. The highest BCUT2D eigenvalue weighted by Crippen LogP contribution is 2.24. The number of benzene rings is 1. The molecule has 0 radical (unpaired) electrons. The first-order valence-electron chi connectivity index (χ1n) is 8.15. The third-order valence-electron chi connectivity index (χ3n) is 4.47. The van der Waals surface area contributed by atoms with Gasteiger partial charge in [0, 0.05) is 6.04 Å². The Bertz CT molecular complexity index is 688. The molecule has 0 heterocycles. The highest BCUT2D eigenvalue weighted by Gasteiger charge is 2.26. The van der Waals surface area contributed by atoms with Crippen LogP contribution in [-0.2, 0) is 25.8 Å². The van der Waals surface area contributed by atoms with Crippen LogP contribution in [0, 0.1) is 5.92 Å². The van der Waals surface area contributed by atoms with Crippen LogP contribution >= 0.6 is 0 Å². The maximum absolute atomic E-state index is 12.1. The summed E-state index contributed by atoms with van der Waals surface area (Å²) in [4.78, 5) is 23.3. The molecule has 1 saturated carbocycles. The Balaban J connectivity index is 1.86. The molecule has 1 aromatic carbocycles. The molecule has 1 amide bonds. The topological polar surface area (TPSA) is 101 Å². The van der Waals surface area contributed by atoms with Gasteiger partial charge in [-0.1, -0.05) is 19.1 Å². The predicted molar refractivity (Wildman–Crippen MR) is 89.4 cm³/mol. The Morgan fingerprint density at radius 1 is 1.12 bits per heavy atom. The minimum atomic E-state index is -3.23. The molecule has 0 unspecified atom stereocenters. The smallest absolute Gasteiger partial charge is 0.306 e.